The second-order valence-corrected chi connectivity index (χ2v) is 6.58. The summed E-state index contributed by atoms with van der Waals surface area (Å²) in [6.45, 7) is 4.85. The molecule has 1 fully saturated rings. The SMILES string of the molecule is CCS(=O)CCN1C(=O)CNC1c1ccc(C)cc1. The number of rotatable bonds is 5. The zero-order chi connectivity index (χ0) is 13.8. The molecule has 1 aliphatic heterocycles. The molecule has 0 spiro atoms. The van der Waals surface area contributed by atoms with Crippen molar-refractivity contribution in [1.29, 1.82) is 0 Å². The van der Waals surface area contributed by atoms with E-state index in [9.17, 15) is 9.00 Å². The summed E-state index contributed by atoms with van der Waals surface area (Å²) in [4.78, 5) is 13.7. The van der Waals surface area contributed by atoms with Gasteiger partial charge < -0.3 is 4.90 Å². The summed E-state index contributed by atoms with van der Waals surface area (Å²) in [5, 5.41) is 3.21. The van der Waals surface area contributed by atoms with Crippen molar-refractivity contribution < 1.29 is 9.00 Å². The average molecular weight is 280 g/mol. The molecule has 4 nitrogen and oxygen atoms in total. The van der Waals surface area contributed by atoms with Crippen molar-refractivity contribution >= 4 is 16.7 Å². The molecule has 2 unspecified atom stereocenters. The number of aryl methyl sites for hydroxylation is 1. The molecule has 0 bridgehead atoms. The molecule has 0 aromatic heterocycles. The molecular weight excluding hydrogens is 260 g/mol. The van der Waals surface area contributed by atoms with Crippen molar-refractivity contribution in [2.75, 3.05) is 24.6 Å². The minimum absolute atomic E-state index is 0.0815. The molecule has 2 atom stereocenters. The Morgan fingerprint density at radius 1 is 1.37 bits per heavy atom. The van der Waals surface area contributed by atoms with Crippen LogP contribution in [0.1, 0.15) is 24.2 Å². The Morgan fingerprint density at radius 3 is 2.68 bits per heavy atom. The molecule has 2 rings (SSSR count). The molecule has 104 valence electrons. The maximum absolute atomic E-state index is 11.9. The van der Waals surface area contributed by atoms with Crippen LogP contribution in [0, 0.1) is 6.92 Å². The van der Waals surface area contributed by atoms with E-state index in [0.29, 0.717) is 24.6 Å². The van der Waals surface area contributed by atoms with E-state index >= 15 is 0 Å². The van der Waals surface area contributed by atoms with Crippen LogP contribution in [0.2, 0.25) is 0 Å². The van der Waals surface area contributed by atoms with Crippen molar-refractivity contribution in [2.45, 2.75) is 20.0 Å². The quantitative estimate of drug-likeness (QED) is 0.881. The number of amides is 1. The van der Waals surface area contributed by atoms with Gasteiger partial charge in [-0.15, -0.1) is 0 Å². The maximum Gasteiger partial charge on any atom is 0.238 e. The molecule has 5 heteroatoms. The molecule has 0 radical (unpaired) electrons. The Bertz CT molecular complexity index is 473. The first-order valence-corrected chi connectivity index (χ1v) is 8.05. The van der Waals surface area contributed by atoms with Crippen LogP contribution in [0.3, 0.4) is 0 Å². The van der Waals surface area contributed by atoms with Crippen molar-refractivity contribution in [1.82, 2.24) is 10.2 Å². The number of benzene rings is 1. The Morgan fingerprint density at radius 2 is 2.05 bits per heavy atom. The summed E-state index contributed by atoms with van der Waals surface area (Å²) >= 11 is 0. The monoisotopic (exact) mass is 280 g/mol. The van der Waals surface area contributed by atoms with Gasteiger partial charge in [0.15, 0.2) is 0 Å². The Labute approximate surface area is 116 Å². The minimum atomic E-state index is -0.835. The first-order valence-electron chi connectivity index (χ1n) is 6.56. The molecule has 1 amide bonds. The van der Waals surface area contributed by atoms with E-state index in [-0.39, 0.29) is 12.1 Å². The van der Waals surface area contributed by atoms with E-state index in [1.165, 1.54) is 5.56 Å². The van der Waals surface area contributed by atoms with E-state index in [0.717, 1.165) is 5.56 Å². The summed E-state index contributed by atoms with van der Waals surface area (Å²) < 4.78 is 11.5. The summed E-state index contributed by atoms with van der Waals surface area (Å²) in [6, 6.07) is 8.16. The van der Waals surface area contributed by atoms with Crippen LogP contribution in [0.25, 0.3) is 0 Å². The van der Waals surface area contributed by atoms with Crippen LogP contribution in [-0.4, -0.2) is 39.6 Å². The van der Waals surface area contributed by atoms with E-state index < -0.39 is 10.8 Å². The molecular formula is C14H20N2O2S. The predicted octanol–water partition coefficient (Wildman–Crippen LogP) is 1.19. The van der Waals surface area contributed by atoms with Crippen molar-refractivity contribution in [3.63, 3.8) is 0 Å². The normalized spacial score (nSPS) is 20.8. The van der Waals surface area contributed by atoms with Gasteiger partial charge in [0.25, 0.3) is 0 Å². The molecule has 19 heavy (non-hydrogen) atoms. The zero-order valence-electron chi connectivity index (χ0n) is 11.4. The minimum Gasteiger partial charge on any atom is -0.321 e. The van der Waals surface area contributed by atoms with Crippen LogP contribution in [0.4, 0.5) is 0 Å². The first kappa shape index (κ1) is 14.2. The fourth-order valence-corrected chi connectivity index (χ4v) is 2.87. The fourth-order valence-electron chi connectivity index (χ4n) is 2.18. The van der Waals surface area contributed by atoms with E-state index in [1.54, 1.807) is 4.90 Å². The third-order valence-corrected chi connectivity index (χ3v) is 4.64. The second-order valence-electron chi connectivity index (χ2n) is 4.71. The number of nitrogens with zero attached hydrogens (tertiary/aromatic N) is 1. The van der Waals surface area contributed by atoms with Gasteiger partial charge in [-0.1, -0.05) is 36.8 Å². The highest BCUT2D eigenvalue weighted by molar-refractivity contribution is 7.84. The first-order chi connectivity index (χ1) is 9.11. The number of carbonyl (C=O) groups excluding carboxylic acids is 1. The summed E-state index contributed by atoms with van der Waals surface area (Å²) in [5.74, 6) is 1.27. The predicted molar refractivity (Wildman–Crippen MR) is 77.2 cm³/mol. The molecule has 1 N–H and O–H groups in total. The van der Waals surface area contributed by atoms with Gasteiger partial charge in [0.1, 0.15) is 6.17 Å². The zero-order valence-corrected chi connectivity index (χ0v) is 12.2. The van der Waals surface area contributed by atoms with Gasteiger partial charge in [-0.05, 0) is 12.5 Å². The number of nitrogens with one attached hydrogen (secondary N) is 1. The third-order valence-electron chi connectivity index (χ3n) is 3.35. The molecule has 0 aliphatic carbocycles. The smallest absolute Gasteiger partial charge is 0.238 e. The maximum atomic E-state index is 11.9. The Balaban J connectivity index is 2.08. The highest BCUT2D eigenvalue weighted by Gasteiger charge is 2.31. The number of hydrogen-bond acceptors (Lipinski definition) is 3. The van der Waals surface area contributed by atoms with Crippen LogP contribution >= 0.6 is 0 Å². The van der Waals surface area contributed by atoms with E-state index in [2.05, 4.69) is 5.32 Å². The van der Waals surface area contributed by atoms with Gasteiger partial charge in [0.2, 0.25) is 5.91 Å². The van der Waals surface area contributed by atoms with Crippen molar-refractivity contribution in [3.8, 4) is 0 Å². The molecule has 1 aromatic rings. The molecule has 1 aromatic carbocycles. The molecule has 1 saturated heterocycles. The van der Waals surface area contributed by atoms with Gasteiger partial charge in [-0.3, -0.25) is 14.3 Å². The van der Waals surface area contributed by atoms with Crippen LogP contribution in [0.5, 0.6) is 0 Å². The second kappa shape index (κ2) is 6.30. The molecule has 1 heterocycles. The molecule has 1 aliphatic rings. The standard InChI is InChI=1S/C14H20N2O2S/c1-3-19(18)9-8-16-13(17)10-15-14(16)12-6-4-11(2)5-7-12/h4-7,14-15H,3,8-10H2,1-2H3. The average Bonchev–Trinajstić information content (AvgIpc) is 2.78. The highest BCUT2D eigenvalue weighted by Crippen LogP contribution is 2.22. The lowest BCUT2D eigenvalue weighted by atomic mass is 10.1. The fraction of sp³-hybridized carbons (Fsp3) is 0.500. The van der Waals surface area contributed by atoms with Crippen molar-refractivity contribution in [3.05, 3.63) is 35.4 Å². The van der Waals surface area contributed by atoms with Gasteiger partial charge in [-0.2, -0.15) is 0 Å². The lowest BCUT2D eigenvalue weighted by molar-refractivity contribution is -0.127. The largest absolute Gasteiger partial charge is 0.321 e. The Kier molecular flexibility index (Phi) is 4.71. The topological polar surface area (TPSA) is 49.4 Å². The van der Waals surface area contributed by atoms with E-state index in [1.807, 2.05) is 38.1 Å². The van der Waals surface area contributed by atoms with Crippen LogP contribution in [-0.2, 0) is 15.6 Å². The molecule has 0 saturated carbocycles. The van der Waals surface area contributed by atoms with Crippen molar-refractivity contribution in [2.24, 2.45) is 0 Å². The number of hydrogen-bond donors (Lipinski definition) is 1. The summed E-state index contributed by atoms with van der Waals surface area (Å²) in [7, 11) is -0.835. The van der Waals surface area contributed by atoms with Crippen LogP contribution in [0.15, 0.2) is 24.3 Å². The summed E-state index contributed by atoms with van der Waals surface area (Å²) in [6.07, 6.45) is -0.0815. The third kappa shape index (κ3) is 3.42. The van der Waals surface area contributed by atoms with Crippen LogP contribution < -0.4 is 5.32 Å². The Hall–Kier alpha value is -1.20. The summed E-state index contributed by atoms with van der Waals surface area (Å²) in [5.41, 5.74) is 2.28. The number of carbonyl (C=O) groups is 1. The van der Waals surface area contributed by atoms with E-state index in [4.69, 9.17) is 0 Å². The van der Waals surface area contributed by atoms with Gasteiger partial charge in [-0.25, -0.2) is 0 Å². The lowest BCUT2D eigenvalue weighted by Crippen LogP contribution is -2.33. The van der Waals surface area contributed by atoms with Gasteiger partial charge in [0, 0.05) is 28.9 Å². The van der Waals surface area contributed by atoms with Gasteiger partial charge in [0.05, 0.1) is 6.54 Å². The highest BCUT2D eigenvalue weighted by atomic mass is 32.2. The lowest BCUT2D eigenvalue weighted by Gasteiger charge is -2.24. The van der Waals surface area contributed by atoms with Gasteiger partial charge >= 0.3 is 0 Å².